The molecule has 0 aliphatic heterocycles. The Bertz CT molecular complexity index is 937. The molecule has 0 bridgehead atoms. The van der Waals surface area contributed by atoms with Crippen molar-refractivity contribution in [1.82, 2.24) is 9.78 Å². The van der Waals surface area contributed by atoms with E-state index < -0.39 is 0 Å². The summed E-state index contributed by atoms with van der Waals surface area (Å²) in [5.41, 5.74) is 6.93. The summed E-state index contributed by atoms with van der Waals surface area (Å²) in [4.78, 5) is 0. The molecule has 1 aromatic heterocycles. The van der Waals surface area contributed by atoms with Crippen LogP contribution in [-0.4, -0.2) is 35.7 Å². The SMILES string of the molecule is COc1cc(/C=C(/C#N)c2nn(CCO)c(N)c2C#N)cc(Br)c1OC. The van der Waals surface area contributed by atoms with Crippen LogP contribution in [0.3, 0.4) is 0 Å². The number of allylic oxidation sites excluding steroid dienone is 1. The van der Waals surface area contributed by atoms with Gasteiger partial charge in [0.25, 0.3) is 0 Å². The average molecular weight is 418 g/mol. The Morgan fingerprint density at radius 1 is 1.38 bits per heavy atom. The van der Waals surface area contributed by atoms with Crippen LogP contribution < -0.4 is 15.2 Å². The second-order valence-corrected chi connectivity index (χ2v) is 5.93. The molecule has 0 atom stereocenters. The van der Waals surface area contributed by atoms with E-state index in [2.05, 4.69) is 21.0 Å². The van der Waals surface area contributed by atoms with Gasteiger partial charge in [-0.25, -0.2) is 4.68 Å². The van der Waals surface area contributed by atoms with Crippen molar-refractivity contribution < 1.29 is 14.6 Å². The summed E-state index contributed by atoms with van der Waals surface area (Å²) in [7, 11) is 3.03. The molecular formula is C17H16BrN5O3. The number of aliphatic hydroxyl groups is 1. The molecule has 26 heavy (non-hydrogen) atoms. The van der Waals surface area contributed by atoms with E-state index in [0.717, 1.165) is 0 Å². The molecule has 2 rings (SSSR count). The number of ether oxygens (including phenoxy) is 2. The Labute approximate surface area is 158 Å². The van der Waals surface area contributed by atoms with Crippen LogP contribution in [0.25, 0.3) is 11.6 Å². The van der Waals surface area contributed by atoms with Crippen molar-refractivity contribution >= 4 is 33.4 Å². The highest BCUT2D eigenvalue weighted by atomic mass is 79.9. The maximum atomic E-state index is 9.55. The highest BCUT2D eigenvalue weighted by molar-refractivity contribution is 9.10. The smallest absolute Gasteiger partial charge is 0.174 e. The third-order valence-corrected chi connectivity index (χ3v) is 4.15. The van der Waals surface area contributed by atoms with Crippen molar-refractivity contribution in [3.05, 3.63) is 33.4 Å². The molecule has 0 saturated carbocycles. The number of nitrogen functional groups attached to an aromatic ring is 1. The van der Waals surface area contributed by atoms with Crippen LogP contribution >= 0.6 is 15.9 Å². The Morgan fingerprint density at radius 2 is 2.12 bits per heavy atom. The lowest BCUT2D eigenvalue weighted by molar-refractivity contribution is 0.270. The predicted octanol–water partition coefficient (Wildman–Crippen LogP) is 2.17. The fourth-order valence-electron chi connectivity index (χ4n) is 2.38. The number of nitriles is 2. The largest absolute Gasteiger partial charge is 0.493 e. The van der Waals surface area contributed by atoms with Crippen LogP contribution in [0.2, 0.25) is 0 Å². The van der Waals surface area contributed by atoms with Crippen LogP contribution in [0.4, 0.5) is 5.82 Å². The van der Waals surface area contributed by atoms with Crippen molar-refractivity contribution in [3.8, 4) is 23.6 Å². The third kappa shape index (κ3) is 3.64. The molecule has 3 N–H and O–H groups in total. The standard InChI is InChI=1S/C17H16BrN5O3/c1-25-14-7-10(6-13(18)16(14)26-2)5-11(8-19)15-12(9-20)17(21)23(22-15)3-4-24/h5-7,24H,3-4,21H2,1-2H3/b11-5-. The second-order valence-electron chi connectivity index (χ2n) is 5.08. The van der Waals surface area contributed by atoms with Gasteiger partial charge in [0.05, 0.1) is 37.4 Å². The number of aliphatic hydroxyl groups excluding tert-OH is 1. The van der Waals surface area contributed by atoms with Gasteiger partial charge >= 0.3 is 0 Å². The lowest BCUT2D eigenvalue weighted by atomic mass is 10.1. The van der Waals surface area contributed by atoms with Gasteiger partial charge < -0.3 is 20.3 Å². The first-order chi connectivity index (χ1) is 12.5. The van der Waals surface area contributed by atoms with Gasteiger partial charge in [-0.3, -0.25) is 0 Å². The maximum Gasteiger partial charge on any atom is 0.174 e. The fourth-order valence-corrected chi connectivity index (χ4v) is 3.00. The first kappa shape index (κ1) is 19.3. The van der Waals surface area contributed by atoms with E-state index in [4.69, 9.17) is 20.3 Å². The molecule has 0 fully saturated rings. The zero-order valence-electron chi connectivity index (χ0n) is 14.2. The van der Waals surface area contributed by atoms with E-state index in [0.29, 0.717) is 21.5 Å². The molecule has 0 unspecified atom stereocenters. The van der Waals surface area contributed by atoms with Crippen molar-refractivity contribution in [3.63, 3.8) is 0 Å². The van der Waals surface area contributed by atoms with Crippen molar-refractivity contribution in [2.45, 2.75) is 6.54 Å². The summed E-state index contributed by atoms with van der Waals surface area (Å²) in [6, 6.07) is 7.44. The van der Waals surface area contributed by atoms with Gasteiger partial charge in [0.2, 0.25) is 0 Å². The molecule has 1 heterocycles. The minimum Gasteiger partial charge on any atom is -0.493 e. The topological polar surface area (TPSA) is 130 Å². The zero-order valence-corrected chi connectivity index (χ0v) is 15.7. The van der Waals surface area contributed by atoms with Gasteiger partial charge in [-0.2, -0.15) is 15.6 Å². The van der Waals surface area contributed by atoms with Gasteiger partial charge in [-0.1, -0.05) is 0 Å². The number of benzene rings is 1. The monoisotopic (exact) mass is 417 g/mol. The highest BCUT2D eigenvalue weighted by Crippen LogP contribution is 2.37. The minimum atomic E-state index is -0.190. The van der Waals surface area contributed by atoms with E-state index in [9.17, 15) is 10.5 Å². The summed E-state index contributed by atoms with van der Waals surface area (Å²) >= 11 is 3.39. The Hall–Kier alpha value is -3.01. The molecule has 0 saturated heterocycles. The summed E-state index contributed by atoms with van der Waals surface area (Å²) in [6.45, 7) is -0.0639. The lowest BCUT2D eigenvalue weighted by Gasteiger charge is -2.10. The molecule has 0 aliphatic carbocycles. The van der Waals surface area contributed by atoms with Crippen LogP contribution in [0.15, 0.2) is 16.6 Å². The molecule has 9 heteroatoms. The van der Waals surface area contributed by atoms with Gasteiger partial charge in [0.1, 0.15) is 29.2 Å². The van der Waals surface area contributed by atoms with Crippen LogP contribution in [-0.2, 0) is 6.54 Å². The number of halogens is 1. The highest BCUT2D eigenvalue weighted by Gasteiger charge is 2.19. The normalized spacial score (nSPS) is 10.9. The van der Waals surface area contributed by atoms with Crippen LogP contribution in [0.5, 0.6) is 11.5 Å². The molecule has 134 valence electrons. The van der Waals surface area contributed by atoms with Gasteiger partial charge in [-0.15, -0.1) is 0 Å². The quantitative estimate of drug-likeness (QED) is 0.688. The van der Waals surface area contributed by atoms with Gasteiger partial charge in [0.15, 0.2) is 11.5 Å². The second kappa shape index (κ2) is 8.39. The number of anilines is 1. The molecule has 0 aliphatic rings. The molecule has 0 spiro atoms. The van der Waals surface area contributed by atoms with E-state index >= 15 is 0 Å². The summed E-state index contributed by atoms with van der Waals surface area (Å²) in [6.07, 6.45) is 1.57. The van der Waals surface area contributed by atoms with Crippen LogP contribution in [0.1, 0.15) is 16.8 Å². The molecule has 1 aromatic carbocycles. The van der Waals surface area contributed by atoms with E-state index in [1.165, 1.54) is 18.9 Å². The first-order valence-corrected chi connectivity index (χ1v) is 8.20. The van der Waals surface area contributed by atoms with E-state index in [-0.39, 0.29) is 35.8 Å². The fraction of sp³-hybridized carbons (Fsp3) is 0.235. The predicted molar refractivity (Wildman–Crippen MR) is 99.2 cm³/mol. The van der Waals surface area contributed by atoms with Crippen LogP contribution in [0, 0.1) is 22.7 Å². The molecule has 0 amide bonds. The number of hydrogen-bond acceptors (Lipinski definition) is 7. The summed E-state index contributed by atoms with van der Waals surface area (Å²) < 4.78 is 12.5. The van der Waals surface area contributed by atoms with E-state index in [1.54, 1.807) is 18.2 Å². The summed E-state index contributed by atoms with van der Waals surface area (Å²) in [5.74, 6) is 1.11. The number of rotatable bonds is 6. The zero-order chi connectivity index (χ0) is 19.3. The van der Waals surface area contributed by atoms with Crippen molar-refractivity contribution in [2.75, 3.05) is 26.6 Å². The molecular weight excluding hydrogens is 402 g/mol. The van der Waals surface area contributed by atoms with Gasteiger partial charge in [-0.05, 0) is 39.7 Å². The third-order valence-electron chi connectivity index (χ3n) is 3.56. The van der Waals surface area contributed by atoms with E-state index in [1.807, 2.05) is 12.1 Å². The Kier molecular flexibility index (Phi) is 6.23. The number of nitrogens with two attached hydrogens (primary N) is 1. The number of methoxy groups -OCH3 is 2. The Balaban J connectivity index is 2.60. The number of aromatic nitrogens is 2. The minimum absolute atomic E-state index is 0.0887. The number of nitrogens with zero attached hydrogens (tertiary/aromatic N) is 4. The number of hydrogen-bond donors (Lipinski definition) is 2. The van der Waals surface area contributed by atoms with Crippen molar-refractivity contribution in [1.29, 1.82) is 10.5 Å². The average Bonchev–Trinajstić information content (AvgIpc) is 2.95. The Morgan fingerprint density at radius 3 is 2.65 bits per heavy atom. The molecule has 0 radical (unpaired) electrons. The molecule has 8 nitrogen and oxygen atoms in total. The first-order valence-electron chi connectivity index (χ1n) is 7.41. The molecule has 2 aromatic rings. The summed E-state index contributed by atoms with van der Waals surface area (Å²) in [5, 5.41) is 32.2. The maximum absolute atomic E-state index is 9.55. The van der Waals surface area contributed by atoms with Crippen molar-refractivity contribution in [2.24, 2.45) is 0 Å². The lowest BCUT2D eigenvalue weighted by Crippen LogP contribution is -2.07. The van der Waals surface area contributed by atoms with Gasteiger partial charge in [0, 0.05) is 0 Å².